The van der Waals surface area contributed by atoms with Crippen LogP contribution in [0.3, 0.4) is 0 Å². The van der Waals surface area contributed by atoms with Crippen LogP contribution in [-0.2, 0) is 14.3 Å². The second-order valence-corrected chi connectivity index (χ2v) is 4.76. The van der Waals surface area contributed by atoms with Gasteiger partial charge in [-0.15, -0.1) is 0 Å². The fourth-order valence-electron chi connectivity index (χ4n) is 2.14. The van der Waals surface area contributed by atoms with E-state index in [1.165, 1.54) is 30.2 Å². The van der Waals surface area contributed by atoms with Crippen molar-refractivity contribution in [2.24, 2.45) is 5.92 Å². The average molecular weight is 299 g/mol. The molecule has 0 saturated carbocycles. The van der Waals surface area contributed by atoms with Crippen molar-refractivity contribution in [1.29, 1.82) is 0 Å². The second-order valence-electron chi connectivity index (χ2n) is 4.32. The summed E-state index contributed by atoms with van der Waals surface area (Å²) in [4.78, 5) is 35.0. The number of ether oxygens (including phenoxy) is 1. The maximum atomic E-state index is 11.9. The van der Waals surface area contributed by atoms with Crippen LogP contribution in [-0.4, -0.2) is 30.5 Å². The fourth-order valence-corrected chi connectivity index (χ4v) is 2.30. The van der Waals surface area contributed by atoms with Crippen LogP contribution < -0.4 is 4.90 Å². The van der Waals surface area contributed by atoms with Gasteiger partial charge in [0.2, 0.25) is 5.91 Å². The average Bonchev–Trinajstić information content (AvgIpc) is 2.79. The zero-order chi connectivity index (χ0) is 14.9. The van der Waals surface area contributed by atoms with Gasteiger partial charge in [-0.1, -0.05) is 11.6 Å². The smallest absolute Gasteiger partial charge is 0.311 e. The van der Waals surface area contributed by atoms with E-state index in [4.69, 9.17) is 11.6 Å². The number of benzene rings is 1. The molecule has 0 aliphatic carbocycles. The highest BCUT2D eigenvalue weighted by Gasteiger charge is 2.38. The molecule has 1 aromatic carbocycles. The van der Waals surface area contributed by atoms with Crippen LogP contribution in [0.5, 0.6) is 0 Å². The zero-order valence-electron chi connectivity index (χ0n) is 10.5. The summed E-state index contributed by atoms with van der Waals surface area (Å²) in [5.74, 6) is -1.47. The predicted molar refractivity (Wildman–Crippen MR) is 70.6 cm³/mol. The molecule has 1 aromatic rings. The molecule has 0 spiro atoms. The van der Waals surface area contributed by atoms with Crippen LogP contribution in [0.1, 0.15) is 6.42 Å². The predicted octanol–water partition coefficient (Wildman–Crippen LogP) is 1.77. The van der Waals surface area contributed by atoms with Crippen molar-refractivity contribution in [3.8, 4) is 0 Å². The standard InChI is InChI=1S/C12H11ClN2O5/c1-20-12(17)7-4-11(16)14(6-7)9-3-2-8(13)5-10(9)15(18)19/h2-3,5,7H,4,6H2,1H3. The van der Waals surface area contributed by atoms with Gasteiger partial charge < -0.3 is 9.64 Å². The minimum Gasteiger partial charge on any atom is -0.469 e. The molecular formula is C12H11ClN2O5. The Morgan fingerprint density at radius 1 is 1.55 bits per heavy atom. The number of halogens is 1. The Morgan fingerprint density at radius 3 is 2.85 bits per heavy atom. The van der Waals surface area contributed by atoms with Gasteiger partial charge in [-0.25, -0.2) is 0 Å². The van der Waals surface area contributed by atoms with Gasteiger partial charge in [0, 0.05) is 24.1 Å². The van der Waals surface area contributed by atoms with Gasteiger partial charge in [0.15, 0.2) is 0 Å². The Bertz CT molecular complexity index is 589. The number of carbonyl (C=O) groups is 2. The number of nitro benzene ring substituents is 1. The van der Waals surface area contributed by atoms with Crippen molar-refractivity contribution in [2.45, 2.75) is 6.42 Å². The van der Waals surface area contributed by atoms with Gasteiger partial charge in [0.1, 0.15) is 5.69 Å². The molecule has 8 heteroatoms. The molecule has 1 unspecified atom stereocenters. The minimum atomic E-state index is -0.611. The van der Waals surface area contributed by atoms with Crippen molar-refractivity contribution >= 4 is 34.9 Å². The zero-order valence-corrected chi connectivity index (χ0v) is 11.3. The number of carbonyl (C=O) groups excluding carboxylic acids is 2. The third kappa shape index (κ3) is 2.57. The minimum absolute atomic E-state index is 0.0214. The Morgan fingerprint density at radius 2 is 2.25 bits per heavy atom. The highest BCUT2D eigenvalue weighted by molar-refractivity contribution is 6.31. The lowest BCUT2D eigenvalue weighted by atomic mass is 10.1. The molecule has 1 aliphatic rings. The first-order valence-corrected chi connectivity index (χ1v) is 6.14. The molecule has 2 rings (SSSR count). The molecule has 1 atom stereocenters. The lowest BCUT2D eigenvalue weighted by Crippen LogP contribution is -2.26. The van der Waals surface area contributed by atoms with Crippen LogP contribution >= 0.6 is 11.6 Å². The SMILES string of the molecule is COC(=O)C1CC(=O)N(c2ccc(Cl)cc2[N+](=O)[O-])C1. The molecule has 7 nitrogen and oxygen atoms in total. The highest BCUT2D eigenvalue weighted by Crippen LogP contribution is 2.35. The number of rotatable bonds is 3. The maximum Gasteiger partial charge on any atom is 0.311 e. The molecule has 0 radical (unpaired) electrons. The first-order valence-electron chi connectivity index (χ1n) is 5.76. The first kappa shape index (κ1) is 14.3. The molecule has 1 aliphatic heterocycles. The number of hydrogen-bond acceptors (Lipinski definition) is 5. The van der Waals surface area contributed by atoms with Gasteiger partial charge in [-0.3, -0.25) is 19.7 Å². The molecule has 1 saturated heterocycles. The number of methoxy groups -OCH3 is 1. The topological polar surface area (TPSA) is 89.8 Å². The molecule has 20 heavy (non-hydrogen) atoms. The van der Waals surface area contributed by atoms with Crippen LogP contribution in [0.2, 0.25) is 5.02 Å². The quantitative estimate of drug-likeness (QED) is 0.482. The van der Waals surface area contributed by atoms with Crippen molar-refractivity contribution in [2.75, 3.05) is 18.6 Å². The third-order valence-corrected chi connectivity index (χ3v) is 3.32. The van der Waals surface area contributed by atoms with E-state index >= 15 is 0 Å². The van der Waals surface area contributed by atoms with Crippen LogP contribution in [0.25, 0.3) is 0 Å². The number of hydrogen-bond donors (Lipinski definition) is 0. The number of anilines is 1. The molecule has 0 aromatic heterocycles. The maximum absolute atomic E-state index is 11.9. The van der Waals surface area contributed by atoms with Gasteiger partial charge in [0.25, 0.3) is 5.69 Å². The van der Waals surface area contributed by atoms with Crippen molar-refractivity contribution in [3.05, 3.63) is 33.3 Å². The van der Waals surface area contributed by atoms with E-state index < -0.39 is 16.8 Å². The number of esters is 1. The van der Waals surface area contributed by atoms with E-state index in [-0.39, 0.29) is 35.3 Å². The fraction of sp³-hybridized carbons (Fsp3) is 0.333. The van der Waals surface area contributed by atoms with Crippen LogP contribution in [0.4, 0.5) is 11.4 Å². The number of nitrogens with zero attached hydrogens (tertiary/aromatic N) is 2. The summed E-state index contributed by atoms with van der Waals surface area (Å²) in [6.07, 6.45) is -0.0214. The van der Waals surface area contributed by atoms with E-state index in [1.54, 1.807) is 0 Å². The highest BCUT2D eigenvalue weighted by atomic mass is 35.5. The first-order chi connectivity index (χ1) is 9.43. The molecule has 0 bridgehead atoms. The lowest BCUT2D eigenvalue weighted by Gasteiger charge is -2.16. The Kier molecular flexibility index (Phi) is 3.89. The molecular weight excluding hydrogens is 288 g/mol. The Balaban J connectivity index is 2.35. The van der Waals surface area contributed by atoms with E-state index in [9.17, 15) is 19.7 Å². The van der Waals surface area contributed by atoms with Gasteiger partial charge in [-0.05, 0) is 12.1 Å². The molecule has 0 N–H and O–H groups in total. The van der Waals surface area contributed by atoms with Crippen molar-refractivity contribution in [3.63, 3.8) is 0 Å². The third-order valence-electron chi connectivity index (χ3n) is 3.08. The second kappa shape index (κ2) is 5.46. The van der Waals surface area contributed by atoms with Gasteiger partial charge in [-0.2, -0.15) is 0 Å². The van der Waals surface area contributed by atoms with E-state index in [0.29, 0.717) is 0 Å². The van der Waals surface area contributed by atoms with Crippen molar-refractivity contribution < 1.29 is 19.2 Å². The van der Waals surface area contributed by atoms with E-state index in [1.807, 2.05) is 0 Å². The number of nitro groups is 1. The Labute approximate surface area is 119 Å². The van der Waals surface area contributed by atoms with Gasteiger partial charge >= 0.3 is 5.97 Å². The van der Waals surface area contributed by atoms with Crippen LogP contribution in [0.15, 0.2) is 18.2 Å². The largest absolute Gasteiger partial charge is 0.469 e. The normalized spacial score (nSPS) is 18.2. The monoisotopic (exact) mass is 298 g/mol. The number of amides is 1. The summed E-state index contributed by atoms with van der Waals surface area (Å²) >= 11 is 5.72. The summed E-state index contributed by atoms with van der Waals surface area (Å²) in [5.41, 5.74) is -0.132. The van der Waals surface area contributed by atoms with Crippen LogP contribution in [0, 0.1) is 16.0 Å². The molecule has 106 valence electrons. The summed E-state index contributed by atoms with van der Waals surface area (Å²) in [5, 5.41) is 11.2. The Hall–Kier alpha value is -2.15. The summed E-state index contributed by atoms with van der Waals surface area (Å²) < 4.78 is 4.59. The molecule has 1 fully saturated rings. The lowest BCUT2D eigenvalue weighted by molar-refractivity contribution is -0.384. The van der Waals surface area contributed by atoms with E-state index in [2.05, 4.69) is 4.74 Å². The van der Waals surface area contributed by atoms with E-state index in [0.717, 1.165) is 0 Å². The summed E-state index contributed by atoms with van der Waals surface area (Å²) in [6.45, 7) is 0.0635. The van der Waals surface area contributed by atoms with Crippen molar-refractivity contribution in [1.82, 2.24) is 0 Å². The molecule has 1 heterocycles. The summed E-state index contributed by atoms with van der Waals surface area (Å²) in [6, 6.07) is 4.04. The summed E-state index contributed by atoms with van der Waals surface area (Å²) in [7, 11) is 1.24. The molecule has 1 amide bonds. The van der Waals surface area contributed by atoms with Gasteiger partial charge in [0.05, 0.1) is 18.0 Å².